The molecule has 3 aliphatic rings. The second kappa shape index (κ2) is 6.26. The molecule has 3 nitrogen and oxygen atoms in total. The lowest BCUT2D eigenvalue weighted by molar-refractivity contribution is -0.0643. The summed E-state index contributed by atoms with van der Waals surface area (Å²) in [5, 5.41) is 1.62. The molecule has 134 valence electrons. The summed E-state index contributed by atoms with van der Waals surface area (Å²) in [6.45, 7) is 6.98. The third-order valence-electron chi connectivity index (χ3n) is 6.32. The van der Waals surface area contributed by atoms with Gasteiger partial charge in [0, 0.05) is 12.0 Å². The topological polar surface area (TPSA) is 29.5 Å². The van der Waals surface area contributed by atoms with E-state index in [4.69, 9.17) is 16.3 Å². The number of hydrogen-bond acceptors (Lipinski definition) is 4. The summed E-state index contributed by atoms with van der Waals surface area (Å²) in [7, 11) is 1.61. The van der Waals surface area contributed by atoms with E-state index >= 15 is 0 Å². The van der Waals surface area contributed by atoms with Crippen LogP contribution in [0.3, 0.4) is 0 Å². The Balaban J connectivity index is 1.61. The fourth-order valence-electron chi connectivity index (χ4n) is 4.75. The van der Waals surface area contributed by atoms with Crippen LogP contribution in [0.2, 0.25) is 5.02 Å². The fraction of sp³-hybridized carbons (Fsp3) is 0.550. The van der Waals surface area contributed by atoms with Gasteiger partial charge in [0.25, 0.3) is 0 Å². The van der Waals surface area contributed by atoms with Gasteiger partial charge >= 0.3 is 0 Å². The number of piperidine rings is 3. The first-order chi connectivity index (χ1) is 11.9. The number of hydrogen-bond donors (Lipinski definition) is 0. The SMILES string of the molecule is COc1ccc2cc(C(=O)C[C@@H]3C4CCN(CC4)C3(C)C)sc2c1Cl. The molecule has 3 fully saturated rings. The Kier molecular flexibility index (Phi) is 4.33. The van der Waals surface area contributed by atoms with Crippen LogP contribution >= 0.6 is 22.9 Å². The van der Waals surface area contributed by atoms with E-state index in [0.29, 0.717) is 29.0 Å². The first kappa shape index (κ1) is 17.3. The molecular formula is C20H24ClNO2S. The Hall–Kier alpha value is -1.10. The molecule has 0 saturated carbocycles. The van der Waals surface area contributed by atoms with Gasteiger partial charge in [0.1, 0.15) is 10.8 Å². The Labute approximate surface area is 157 Å². The van der Waals surface area contributed by atoms with Gasteiger partial charge in [0.05, 0.1) is 16.7 Å². The highest BCUT2D eigenvalue weighted by atomic mass is 35.5. The number of Topliss-reactive ketones (excluding diaryl/α,β-unsaturated/α-hetero) is 1. The van der Waals surface area contributed by atoms with Crippen LogP contribution in [0.25, 0.3) is 10.1 Å². The van der Waals surface area contributed by atoms with Gasteiger partial charge < -0.3 is 4.74 Å². The second-order valence-electron chi connectivity index (χ2n) is 7.82. The van der Waals surface area contributed by atoms with Crippen molar-refractivity contribution in [1.82, 2.24) is 4.90 Å². The van der Waals surface area contributed by atoms with E-state index in [0.717, 1.165) is 15.0 Å². The molecule has 3 aliphatic heterocycles. The van der Waals surface area contributed by atoms with E-state index in [2.05, 4.69) is 18.7 Å². The fourth-order valence-corrected chi connectivity index (χ4v) is 6.16. The number of rotatable bonds is 4. The molecule has 1 aromatic carbocycles. The lowest BCUT2D eigenvalue weighted by Gasteiger charge is -2.56. The smallest absolute Gasteiger partial charge is 0.173 e. The summed E-state index contributed by atoms with van der Waals surface area (Å²) in [6, 6.07) is 5.83. The van der Waals surface area contributed by atoms with Gasteiger partial charge in [-0.1, -0.05) is 11.6 Å². The summed E-state index contributed by atoms with van der Waals surface area (Å²) in [4.78, 5) is 16.4. The van der Waals surface area contributed by atoms with Crippen LogP contribution < -0.4 is 4.74 Å². The van der Waals surface area contributed by atoms with Crippen molar-refractivity contribution >= 4 is 38.8 Å². The number of carbonyl (C=O) groups is 1. The molecular weight excluding hydrogens is 354 g/mol. The van der Waals surface area contributed by atoms with Crippen LogP contribution in [0.5, 0.6) is 5.75 Å². The standard InChI is InChI=1S/C20H24ClNO2S/c1-20(2)14(12-6-8-22(20)9-7-12)11-15(23)17-10-13-4-5-16(24-3)18(21)19(13)25-17/h4-5,10,12,14H,6-9,11H2,1-3H3/t14-/m1/s1. The molecule has 5 heteroatoms. The number of ketones is 1. The number of methoxy groups -OCH3 is 1. The van der Waals surface area contributed by atoms with E-state index in [1.165, 1.54) is 37.3 Å². The summed E-state index contributed by atoms with van der Waals surface area (Å²) < 4.78 is 6.23. The quantitative estimate of drug-likeness (QED) is 0.681. The van der Waals surface area contributed by atoms with Crippen LogP contribution in [0, 0.1) is 11.8 Å². The van der Waals surface area contributed by atoms with E-state index in [1.807, 2.05) is 18.2 Å². The minimum Gasteiger partial charge on any atom is -0.495 e. The minimum atomic E-state index is 0.119. The average Bonchev–Trinajstić information content (AvgIpc) is 3.04. The van der Waals surface area contributed by atoms with E-state index in [1.54, 1.807) is 7.11 Å². The Morgan fingerprint density at radius 1 is 1.36 bits per heavy atom. The van der Waals surface area contributed by atoms with Crippen LogP contribution in [-0.4, -0.2) is 36.4 Å². The van der Waals surface area contributed by atoms with Gasteiger partial charge in [0.15, 0.2) is 5.78 Å². The predicted octanol–water partition coefficient (Wildman–Crippen LogP) is 5.26. The van der Waals surface area contributed by atoms with Crippen molar-refractivity contribution in [1.29, 1.82) is 0 Å². The molecule has 0 N–H and O–H groups in total. The number of benzene rings is 1. The molecule has 0 spiro atoms. The molecule has 3 saturated heterocycles. The normalized spacial score (nSPS) is 27.6. The van der Waals surface area contributed by atoms with Crippen molar-refractivity contribution in [3.63, 3.8) is 0 Å². The third kappa shape index (κ3) is 2.79. The third-order valence-corrected chi connectivity index (χ3v) is 8.02. The largest absolute Gasteiger partial charge is 0.495 e. The van der Waals surface area contributed by atoms with Crippen LogP contribution in [0.4, 0.5) is 0 Å². The molecule has 4 heterocycles. The highest BCUT2D eigenvalue weighted by molar-refractivity contribution is 7.21. The molecule has 2 bridgehead atoms. The van der Waals surface area contributed by atoms with Crippen LogP contribution in [0.15, 0.2) is 18.2 Å². The van der Waals surface area contributed by atoms with Crippen LogP contribution in [0.1, 0.15) is 42.8 Å². The average molecular weight is 378 g/mol. The number of fused-ring (bicyclic) bond motifs is 4. The molecule has 1 atom stereocenters. The maximum atomic E-state index is 13.0. The van der Waals surface area contributed by atoms with Crippen molar-refractivity contribution in [3.05, 3.63) is 28.1 Å². The zero-order valence-corrected chi connectivity index (χ0v) is 16.5. The zero-order valence-electron chi connectivity index (χ0n) is 15.0. The lowest BCUT2D eigenvalue weighted by atomic mass is 9.65. The summed E-state index contributed by atoms with van der Waals surface area (Å²) >= 11 is 7.91. The number of carbonyl (C=O) groups excluding carboxylic acids is 1. The second-order valence-corrected chi connectivity index (χ2v) is 9.25. The Bertz CT molecular complexity index is 820. The molecule has 5 rings (SSSR count). The molecule has 1 aromatic heterocycles. The van der Waals surface area contributed by atoms with Gasteiger partial charge in [-0.2, -0.15) is 0 Å². The Morgan fingerprint density at radius 2 is 2.08 bits per heavy atom. The van der Waals surface area contributed by atoms with Crippen LogP contribution in [-0.2, 0) is 0 Å². The van der Waals surface area contributed by atoms with Gasteiger partial charge in [-0.25, -0.2) is 0 Å². The summed E-state index contributed by atoms with van der Waals surface area (Å²) in [5.41, 5.74) is 0.119. The van der Waals surface area contributed by atoms with Gasteiger partial charge in [-0.15, -0.1) is 11.3 Å². The molecule has 25 heavy (non-hydrogen) atoms. The Morgan fingerprint density at radius 3 is 2.72 bits per heavy atom. The molecule has 2 aromatic rings. The molecule has 0 amide bonds. The summed E-state index contributed by atoms with van der Waals surface area (Å²) in [6.07, 6.45) is 3.10. The lowest BCUT2D eigenvalue weighted by Crippen LogP contribution is -2.61. The number of nitrogens with zero attached hydrogens (tertiary/aromatic N) is 1. The van der Waals surface area contributed by atoms with E-state index < -0.39 is 0 Å². The first-order valence-corrected chi connectivity index (χ1v) is 10.2. The summed E-state index contributed by atoms with van der Waals surface area (Å²) in [5.74, 6) is 2.04. The minimum absolute atomic E-state index is 0.119. The van der Waals surface area contributed by atoms with Crippen molar-refractivity contribution in [2.75, 3.05) is 20.2 Å². The van der Waals surface area contributed by atoms with E-state index in [9.17, 15) is 4.79 Å². The predicted molar refractivity (Wildman–Crippen MR) is 104 cm³/mol. The number of ether oxygens (including phenoxy) is 1. The monoisotopic (exact) mass is 377 g/mol. The van der Waals surface area contributed by atoms with Crippen molar-refractivity contribution in [3.8, 4) is 5.75 Å². The van der Waals surface area contributed by atoms with E-state index in [-0.39, 0.29) is 11.3 Å². The highest BCUT2D eigenvalue weighted by Crippen LogP contribution is 2.46. The molecule has 0 unspecified atom stereocenters. The highest BCUT2D eigenvalue weighted by Gasteiger charge is 2.48. The maximum Gasteiger partial charge on any atom is 0.173 e. The van der Waals surface area contributed by atoms with Crippen molar-refractivity contribution in [2.24, 2.45) is 11.8 Å². The number of thiophene rings is 1. The molecule has 0 radical (unpaired) electrons. The number of halogens is 1. The first-order valence-electron chi connectivity index (χ1n) is 8.96. The maximum absolute atomic E-state index is 13.0. The zero-order chi connectivity index (χ0) is 17.8. The van der Waals surface area contributed by atoms with Crippen molar-refractivity contribution < 1.29 is 9.53 Å². The van der Waals surface area contributed by atoms with Gasteiger partial charge in [0.2, 0.25) is 0 Å². The molecule has 0 aliphatic carbocycles. The van der Waals surface area contributed by atoms with Crippen molar-refractivity contribution in [2.45, 2.75) is 38.6 Å². The van der Waals surface area contributed by atoms with Gasteiger partial charge in [-0.05, 0) is 75.2 Å². The van der Waals surface area contributed by atoms with Gasteiger partial charge in [-0.3, -0.25) is 9.69 Å².